The van der Waals surface area contributed by atoms with Gasteiger partial charge in [-0.05, 0) is 43.4 Å². The summed E-state index contributed by atoms with van der Waals surface area (Å²) in [7, 11) is 0. The van der Waals surface area contributed by atoms with Crippen LogP contribution >= 0.6 is 0 Å². The second-order valence-corrected chi connectivity index (χ2v) is 5.21. The average Bonchev–Trinajstić information content (AvgIpc) is 2.90. The first-order valence-corrected chi connectivity index (χ1v) is 5.87. The minimum atomic E-state index is 0.573. The second kappa shape index (κ2) is 4.00. The molecule has 0 aromatic carbocycles. The van der Waals surface area contributed by atoms with E-state index in [0.717, 1.165) is 24.4 Å². The van der Waals surface area contributed by atoms with Gasteiger partial charge in [0.05, 0.1) is 6.10 Å². The molecule has 2 aliphatic rings. The maximum absolute atomic E-state index is 5.99. The van der Waals surface area contributed by atoms with Gasteiger partial charge in [-0.25, -0.2) is 0 Å². The molecule has 13 heavy (non-hydrogen) atoms. The van der Waals surface area contributed by atoms with Gasteiger partial charge in [0.15, 0.2) is 0 Å². The van der Waals surface area contributed by atoms with E-state index in [2.05, 4.69) is 13.8 Å². The van der Waals surface area contributed by atoms with Crippen LogP contribution in [-0.2, 0) is 4.74 Å². The van der Waals surface area contributed by atoms with Gasteiger partial charge in [-0.15, -0.1) is 0 Å². The van der Waals surface area contributed by atoms with Crippen LogP contribution in [0.4, 0.5) is 0 Å². The molecule has 76 valence electrons. The number of rotatable bonds is 3. The van der Waals surface area contributed by atoms with Crippen LogP contribution in [0.5, 0.6) is 0 Å². The smallest absolute Gasteiger partial charge is 0.0603 e. The lowest BCUT2D eigenvalue weighted by molar-refractivity contribution is -0.0226. The Balaban J connectivity index is 1.73. The van der Waals surface area contributed by atoms with Gasteiger partial charge in [0.1, 0.15) is 0 Å². The fourth-order valence-corrected chi connectivity index (χ4v) is 2.26. The van der Waals surface area contributed by atoms with Crippen LogP contribution in [0, 0.1) is 17.8 Å². The molecule has 0 N–H and O–H groups in total. The normalized spacial score (nSPS) is 40.6. The number of hydrogen-bond donors (Lipinski definition) is 0. The van der Waals surface area contributed by atoms with Gasteiger partial charge >= 0.3 is 0 Å². The van der Waals surface area contributed by atoms with Crippen LogP contribution in [0.3, 0.4) is 0 Å². The van der Waals surface area contributed by atoms with Gasteiger partial charge in [-0.1, -0.05) is 20.3 Å². The third-order valence-corrected chi connectivity index (χ3v) is 3.63. The van der Waals surface area contributed by atoms with E-state index in [4.69, 9.17) is 4.74 Å². The van der Waals surface area contributed by atoms with Gasteiger partial charge in [0.25, 0.3) is 0 Å². The van der Waals surface area contributed by atoms with E-state index in [1.54, 1.807) is 0 Å². The number of ether oxygens (including phenoxy) is 1. The van der Waals surface area contributed by atoms with Crippen molar-refractivity contribution in [1.82, 2.24) is 0 Å². The van der Waals surface area contributed by atoms with Crippen molar-refractivity contribution in [2.75, 3.05) is 6.61 Å². The van der Waals surface area contributed by atoms with Crippen LogP contribution in [0.2, 0.25) is 0 Å². The van der Waals surface area contributed by atoms with E-state index in [9.17, 15) is 0 Å². The molecule has 2 rings (SSSR count). The molecule has 1 nitrogen and oxygen atoms in total. The van der Waals surface area contributed by atoms with Crippen molar-refractivity contribution < 1.29 is 4.74 Å². The lowest BCUT2D eigenvalue weighted by atomic mass is 9.82. The van der Waals surface area contributed by atoms with Gasteiger partial charge < -0.3 is 4.74 Å². The molecular weight excluding hydrogens is 160 g/mol. The van der Waals surface area contributed by atoms with Gasteiger partial charge in [0, 0.05) is 6.61 Å². The fourth-order valence-electron chi connectivity index (χ4n) is 2.26. The fraction of sp³-hybridized carbons (Fsp3) is 1.00. The topological polar surface area (TPSA) is 9.23 Å². The van der Waals surface area contributed by atoms with Crippen molar-refractivity contribution in [3.05, 3.63) is 0 Å². The lowest BCUT2D eigenvalue weighted by Gasteiger charge is -2.32. The van der Waals surface area contributed by atoms with Crippen LogP contribution in [0.15, 0.2) is 0 Å². The van der Waals surface area contributed by atoms with Gasteiger partial charge in [0.2, 0.25) is 0 Å². The molecule has 2 aliphatic carbocycles. The highest BCUT2D eigenvalue weighted by Crippen LogP contribution is 2.34. The van der Waals surface area contributed by atoms with Crippen molar-refractivity contribution in [3.8, 4) is 0 Å². The van der Waals surface area contributed by atoms with E-state index < -0.39 is 0 Å². The molecular formula is C12H22O. The zero-order valence-electron chi connectivity index (χ0n) is 8.96. The van der Waals surface area contributed by atoms with Crippen molar-refractivity contribution in [3.63, 3.8) is 0 Å². The van der Waals surface area contributed by atoms with E-state index >= 15 is 0 Å². The van der Waals surface area contributed by atoms with Crippen LogP contribution in [0.1, 0.15) is 46.0 Å². The van der Waals surface area contributed by atoms with E-state index in [1.807, 2.05) is 0 Å². The molecule has 2 saturated carbocycles. The minimum Gasteiger partial charge on any atom is -0.378 e. The predicted molar refractivity (Wildman–Crippen MR) is 54.6 cm³/mol. The molecule has 0 aromatic heterocycles. The highest BCUT2D eigenvalue weighted by atomic mass is 16.5. The molecule has 3 unspecified atom stereocenters. The molecule has 0 amide bonds. The average molecular weight is 182 g/mol. The van der Waals surface area contributed by atoms with Gasteiger partial charge in [-0.2, -0.15) is 0 Å². The Morgan fingerprint density at radius 2 is 1.85 bits per heavy atom. The number of hydrogen-bond acceptors (Lipinski definition) is 1. The van der Waals surface area contributed by atoms with Crippen molar-refractivity contribution in [2.24, 2.45) is 17.8 Å². The Bertz CT molecular complexity index is 163. The van der Waals surface area contributed by atoms with E-state index in [1.165, 1.54) is 32.1 Å². The molecule has 0 aliphatic heterocycles. The third-order valence-electron chi connectivity index (χ3n) is 3.63. The highest BCUT2D eigenvalue weighted by molar-refractivity contribution is 4.78. The molecule has 1 heteroatoms. The maximum atomic E-state index is 5.99. The Hall–Kier alpha value is -0.0400. The first kappa shape index (κ1) is 9.51. The summed E-state index contributed by atoms with van der Waals surface area (Å²) >= 11 is 0. The molecule has 0 heterocycles. The van der Waals surface area contributed by atoms with Crippen LogP contribution in [0.25, 0.3) is 0 Å². The maximum Gasteiger partial charge on any atom is 0.0603 e. The molecule has 2 fully saturated rings. The highest BCUT2D eigenvalue weighted by Gasteiger charge is 2.29. The second-order valence-electron chi connectivity index (χ2n) is 5.21. The van der Waals surface area contributed by atoms with E-state index in [0.29, 0.717) is 6.10 Å². The molecule has 0 saturated heterocycles. The zero-order valence-corrected chi connectivity index (χ0v) is 8.96. The van der Waals surface area contributed by atoms with Crippen LogP contribution < -0.4 is 0 Å². The van der Waals surface area contributed by atoms with E-state index in [-0.39, 0.29) is 0 Å². The third kappa shape index (κ3) is 2.70. The summed E-state index contributed by atoms with van der Waals surface area (Å²) in [6.07, 6.45) is 7.48. The lowest BCUT2D eigenvalue weighted by Crippen LogP contribution is -2.29. The van der Waals surface area contributed by atoms with Gasteiger partial charge in [-0.3, -0.25) is 0 Å². The summed E-state index contributed by atoms with van der Waals surface area (Å²) in [6, 6.07) is 0. The summed E-state index contributed by atoms with van der Waals surface area (Å²) < 4.78 is 5.99. The SMILES string of the molecule is CC1CCC(C)C(OCC2CC2)C1. The van der Waals surface area contributed by atoms with Crippen molar-refractivity contribution in [1.29, 1.82) is 0 Å². The van der Waals surface area contributed by atoms with Crippen molar-refractivity contribution in [2.45, 2.75) is 52.1 Å². The summed E-state index contributed by atoms with van der Waals surface area (Å²) in [5, 5.41) is 0. The monoisotopic (exact) mass is 182 g/mol. The molecule has 0 spiro atoms. The Morgan fingerprint density at radius 3 is 2.54 bits per heavy atom. The summed E-state index contributed by atoms with van der Waals surface area (Å²) in [4.78, 5) is 0. The summed E-state index contributed by atoms with van der Waals surface area (Å²) in [6.45, 7) is 5.75. The summed E-state index contributed by atoms with van der Waals surface area (Å²) in [5.74, 6) is 2.61. The van der Waals surface area contributed by atoms with Crippen LogP contribution in [-0.4, -0.2) is 12.7 Å². The quantitative estimate of drug-likeness (QED) is 0.651. The molecule has 0 bridgehead atoms. The Kier molecular flexibility index (Phi) is 2.92. The van der Waals surface area contributed by atoms with Crippen molar-refractivity contribution >= 4 is 0 Å². The Morgan fingerprint density at radius 1 is 1.08 bits per heavy atom. The first-order chi connectivity index (χ1) is 6.25. The largest absolute Gasteiger partial charge is 0.378 e. The molecule has 3 atom stereocenters. The summed E-state index contributed by atoms with van der Waals surface area (Å²) in [5.41, 5.74) is 0. The minimum absolute atomic E-state index is 0.573. The predicted octanol–water partition coefficient (Wildman–Crippen LogP) is 3.24. The molecule has 0 aromatic rings. The first-order valence-electron chi connectivity index (χ1n) is 5.87. The Labute approximate surface area is 81.9 Å². The standard InChI is InChI=1S/C12H22O/c1-9-3-4-10(2)12(7-9)13-8-11-5-6-11/h9-12H,3-8H2,1-2H3. The molecule has 0 radical (unpaired) electrons. The zero-order chi connectivity index (χ0) is 9.26.